The van der Waals surface area contributed by atoms with E-state index in [1.807, 2.05) is 6.07 Å². The zero-order valence-electron chi connectivity index (χ0n) is 12.6. The summed E-state index contributed by atoms with van der Waals surface area (Å²) in [7, 11) is 1.73. The topological polar surface area (TPSA) is 38.5 Å². The van der Waals surface area contributed by atoms with Crippen molar-refractivity contribution >= 4 is 0 Å². The van der Waals surface area contributed by atoms with Gasteiger partial charge in [0.2, 0.25) is 0 Å². The van der Waals surface area contributed by atoms with E-state index in [9.17, 15) is 0 Å². The molecule has 20 heavy (non-hydrogen) atoms. The molecule has 3 nitrogen and oxygen atoms in total. The third-order valence-corrected chi connectivity index (χ3v) is 5.12. The van der Waals surface area contributed by atoms with Crippen LogP contribution in [-0.4, -0.2) is 30.6 Å². The molecule has 110 valence electrons. The third-order valence-electron chi connectivity index (χ3n) is 5.12. The highest BCUT2D eigenvalue weighted by atomic mass is 16.5. The fraction of sp³-hybridized carbons (Fsp3) is 0.647. The highest BCUT2D eigenvalue weighted by Crippen LogP contribution is 2.43. The summed E-state index contributed by atoms with van der Waals surface area (Å²) in [6.07, 6.45) is 5.14. The average molecular weight is 274 g/mol. The molecular weight excluding hydrogens is 248 g/mol. The molecule has 0 amide bonds. The summed E-state index contributed by atoms with van der Waals surface area (Å²) >= 11 is 0. The zero-order valence-corrected chi connectivity index (χ0v) is 12.6. The summed E-state index contributed by atoms with van der Waals surface area (Å²) in [6, 6.07) is 9.73. The van der Waals surface area contributed by atoms with Crippen molar-refractivity contribution in [1.82, 2.24) is 4.90 Å². The van der Waals surface area contributed by atoms with Crippen molar-refractivity contribution in [3.8, 4) is 5.75 Å². The first-order valence-corrected chi connectivity index (χ1v) is 7.88. The number of piperidine rings is 1. The summed E-state index contributed by atoms with van der Waals surface area (Å²) in [6.45, 7) is 3.41. The van der Waals surface area contributed by atoms with Gasteiger partial charge in [0.15, 0.2) is 0 Å². The number of likely N-dealkylation sites (tertiary alicyclic amines) is 1. The Morgan fingerprint density at radius 1 is 1.40 bits per heavy atom. The van der Waals surface area contributed by atoms with Crippen molar-refractivity contribution in [1.29, 1.82) is 0 Å². The Kier molecular flexibility index (Phi) is 3.99. The van der Waals surface area contributed by atoms with Crippen LogP contribution in [0.3, 0.4) is 0 Å². The zero-order chi connectivity index (χ0) is 14.1. The Hall–Kier alpha value is -1.06. The second kappa shape index (κ2) is 5.74. The highest BCUT2D eigenvalue weighted by molar-refractivity contribution is 5.32. The van der Waals surface area contributed by atoms with Gasteiger partial charge in [-0.1, -0.05) is 19.1 Å². The molecule has 0 spiro atoms. The lowest BCUT2D eigenvalue weighted by Crippen LogP contribution is -2.44. The predicted molar refractivity (Wildman–Crippen MR) is 81.8 cm³/mol. The van der Waals surface area contributed by atoms with Crippen LogP contribution < -0.4 is 10.5 Å². The molecule has 1 aliphatic carbocycles. The number of nitrogens with two attached hydrogens (primary N) is 1. The van der Waals surface area contributed by atoms with Crippen LogP contribution in [0.25, 0.3) is 0 Å². The number of methoxy groups -OCH3 is 1. The maximum atomic E-state index is 6.47. The maximum absolute atomic E-state index is 6.47. The molecule has 3 rings (SSSR count). The number of benzene rings is 1. The standard InChI is InChI=1S/C17H26N2O/c1-3-16(18)17(13-5-4-6-15(10-13)20-2)19-11-12-7-8-14(19)9-12/h4-6,10,12,14,16-17H,3,7-9,11,18H2,1-2H3. The van der Waals surface area contributed by atoms with Crippen LogP contribution in [0, 0.1) is 5.92 Å². The van der Waals surface area contributed by atoms with Crippen LogP contribution in [-0.2, 0) is 0 Å². The molecule has 2 bridgehead atoms. The minimum absolute atomic E-state index is 0.196. The first kappa shape index (κ1) is 13.9. The summed E-state index contributed by atoms with van der Waals surface area (Å²) in [5.74, 6) is 1.83. The Labute approximate surface area is 122 Å². The van der Waals surface area contributed by atoms with E-state index in [2.05, 4.69) is 30.0 Å². The largest absolute Gasteiger partial charge is 0.497 e. The smallest absolute Gasteiger partial charge is 0.119 e. The van der Waals surface area contributed by atoms with Crippen LogP contribution in [0.4, 0.5) is 0 Å². The second-order valence-electron chi connectivity index (χ2n) is 6.32. The van der Waals surface area contributed by atoms with Gasteiger partial charge in [-0.25, -0.2) is 0 Å². The Morgan fingerprint density at radius 3 is 2.85 bits per heavy atom. The monoisotopic (exact) mass is 274 g/mol. The molecular formula is C17H26N2O. The normalized spacial score (nSPS) is 28.6. The fourth-order valence-electron chi connectivity index (χ4n) is 4.04. The first-order valence-electron chi connectivity index (χ1n) is 7.88. The van der Waals surface area contributed by atoms with E-state index in [0.29, 0.717) is 6.04 Å². The molecule has 2 N–H and O–H groups in total. The van der Waals surface area contributed by atoms with E-state index < -0.39 is 0 Å². The van der Waals surface area contributed by atoms with E-state index in [1.165, 1.54) is 31.4 Å². The molecule has 2 fully saturated rings. The fourth-order valence-corrected chi connectivity index (χ4v) is 4.04. The predicted octanol–water partition coefficient (Wildman–Crippen LogP) is 2.96. The minimum Gasteiger partial charge on any atom is -0.497 e. The van der Waals surface area contributed by atoms with Crippen molar-refractivity contribution in [3.05, 3.63) is 29.8 Å². The molecule has 0 aromatic heterocycles. The van der Waals surface area contributed by atoms with Gasteiger partial charge in [-0.15, -0.1) is 0 Å². The summed E-state index contributed by atoms with van der Waals surface area (Å²) in [5.41, 5.74) is 7.78. The average Bonchev–Trinajstić information content (AvgIpc) is 3.10. The van der Waals surface area contributed by atoms with Crippen molar-refractivity contribution < 1.29 is 4.74 Å². The van der Waals surface area contributed by atoms with Gasteiger partial charge in [-0.05, 0) is 49.3 Å². The lowest BCUT2D eigenvalue weighted by atomic mass is 9.94. The molecule has 1 saturated heterocycles. The first-order chi connectivity index (χ1) is 9.72. The van der Waals surface area contributed by atoms with Gasteiger partial charge in [0, 0.05) is 18.6 Å². The van der Waals surface area contributed by atoms with Gasteiger partial charge >= 0.3 is 0 Å². The SMILES string of the molecule is CCC(N)C(c1cccc(OC)c1)N1CC2CCC1C2. The molecule has 1 aromatic rings. The van der Waals surface area contributed by atoms with E-state index in [0.717, 1.165) is 24.1 Å². The number of ether oxygens (including phenoxy) is 1. The third kappa shape index (κ3) is 2.45. The van der Waals surface area contributed by atoms with Crippen LogP contribution in [0.1, 0.15) is 44.2 Å². The Balaban J connectivity index is 1.89. The Morgan fingerprint density at radius 2 is 2.25 bits per heavy atom. The maximum Gasteiger partial charge on any atom is 0.119 e. The van der Waals surface area contributed by atoms with Crippen LogP contribution in [0.2, 0.25) is 0 Å². The number of hydrogen-bond acceptors (Lipinski definition) is 3. The second-order valence-corrected chi connectivity index (χ2v) is 6.32. The molecule has 0 radical (unpaired) electrons. The lowest BCUT2D eigenvalue weighted by molar-refractivity contribution is 0.127. The summed E-state index contributed by atoms with van der Waals surface area (Å²) in [4.78, 5) is 2.66. The van der Waals surface area contributed by atoms with Crippen molar-refractivity contribution in [2.75, 3.05) is 13.7 Å². The molecule has 4 atom stereocenters. The van der Waals surface area contributed by atoms with Gasteiger partial charge in [-0.3, -0.25) is 4.90 Å². The van der Waals surface area contributed by atoms with Crippen molar-refractivity contribution in [3.63, 3.8) is 0 Å². The van der Waals surface area contributed by atoms with Gasteiger partial charge in [0.1, 0.15) is 5.75 Å². The number of nitrogens with zero attached hydrogens (tertiary/aromatic N) is 1. The molecule has 1 saturated carbocycles. The van der Waals surface area contributed by atoms with Crippen LogP contribution in [0.15, 0.2) is 24.3 Å². The van der Waals surface area contributed by atoms with Gasteiger partial charge < -0.3 is 10.5 Å². The van der Waals surface area contributed by atoms with Crippen molar-refractivity contribution in [2.24, 2.45) is 11.7 Å². The quantitative estimate of drug-likeness (QED) is 0.897. The molecule has 1 aliphatic heterocycles. The molecule has 2 aliphatic rings. The molecule has 3 heteroatoms. The summed E-state index contributed by atoms with van der Waals surface area (Å²) in [5, 5.41) is 0. The lowest BCUT2D eigenvalue weighted by Gasteiger charge is -2.38. The van der Waals surface area contributed by atoms with E-state index in [4.69, 9.17) is 10.5 Å². The minimum atomic E-state index is 0.196. The van der Waals surface area contributed by atoms with Gasteiger partial charge in [0.25, 0.3) is 0 Å². The molecule has 1 heterocycles. The number of hydrogen-bond donors (Lipinski definition) is 1. The van der Waals surface area contributed by atoms with E-state index in [-0.39, 0.29) is 6.04 Å². The van der Waals surface area contributed by atoms with E-state index >= 15 is 0 Å². The molecule has 4 unspecified atom stereocenters. The summed E-state index contributed by atoms with van der Waals surface area (Å²) < 4.78 is 5.38. The van der Waals surface area contributed by atoms with Gasteiger partial charge in [-0.2, -0.15) is 0 Å². The van der Waals surface area contributed by atoms with Crippen LogP contribution >= 0.6 is 0 Å². The Bertz CT molecular complexity index is 462. The van der Waals surface area contributed by atoms with Crippen molar-refractivity contribution in [2.45, 2.75) is 50.7 Å². The van der Waals surface area contributed by atoms with Gasteiger partial charge in [0.05, 0.1) is 13.2 Å². The van der Waals surface area contributed by atoms with Crippen LogP contribution in [0.5, 0.6) is 5.75 Å². The highest BCUT2D eigenvalue weighted by Gasteiger charge is 2.42. The number of rotatable bonds is 5. The number of fused-ring (bicyclic) bond motifs is 2. The van der Waals surface area contributed by atoms with E-state index in [1.54, 1.807) is 7.11 Å². The molecule has 1 aromatic carbocycles.